The van der Waals surface area contributed by atoms with E-state index in [0.29, 0.717) is 0 Å². The van der Waals surface area contributed by atoms with Crippen molar-refractivity contribution in [3.8, 4) is 5.75 Å². The van der Waals surface area contributed by atoms with Crippen molar-refractivity contribution >= 4 is 6.21 Å². The molecule has 0 bridgehead atoms. The first-order valence-corrected chi connectivity index (χ1v) is 7.25. The van der Waals surface area contributed by atoms with Crippen LogP contribution in [0.5, 0.6) is 5.75 Å². The van der Waals surface area contributed by atoms with Crippen LogP contribution in [0.4, 0.5) is 0 Å². The molecule has 0 fully saturated rings. The van der Waals surface area contributed by atoms with Gasteiger partial charge < -0.3 is 5.11 Å². The number of nitrogens with zero attached hydrogens (tertiary/aromatic N) is 1. The third-order valence-corrected chi connectivity index (χ3v) is 3.50. The highest BCUT2D eigenvalue weighted by Gasteiger charge is 2.11. The highest BCUT2D eigenvalue weighted by atomic mass is 16.3. The van der Waals surface area contributed by atoms with E-state index >= 15 is 0 Å². The zero-order chi connectivity index (χ0) is 15.2. The van der Waals surface area contributed by atoms with Crippen LogP contribution in [-0.4, -0.2) is 11.3 Å². The maximum atomic E-state index is 9.35. The molecule has 22 heavy (non-hydrogen) atoms. The van der Waals surface area contributed by atoms with Crippen molar-refractivity contribution in [3.05, 3.63) is 102 Å². The molecule has 3 aromatic rings. The number of hydrogen-bond donors (Lipinski definition) is 1. The monoisotopic (exact) mass is 287 g/mol. The second kappa shape index (κ2) is 6.72. The summed E-state index contributed by atoms with van der Waals surface area (Å²) < 4.78 is 0. The van der Waals surface area contributed by atoms with Gasteiger partial charge in [-0.15, -0.1) is 0 Å². The third kappa shape index (κ3) is 3.41. The Morgan fingerprint density at radius 1 is 0.682 bits per heavy atom. The van der Waals surface area contributed by atoms with E-state index in [1.807, 2.05) is 54.7 Å². The Morgan fingerprint density at radius 2 is 1.18 bits per heavy atom. The maximum Gasteiger partial charge on any atom is 0.115 e. The van der Waals surface area contributed by atoms with Gasteiger partial charge in [0.15, 0.2) is 0 Å². The molecule has 2 nitrogen and oxygen atoms in total. The predicted octanol–water partition coefficient (Wildman–Crippen LogP) is 4.60. The van der Waals surface area contributed by atoms with E-state index in [1.165, 1.54) is 0 Å². The predicted molar refractivity (Wildman–Crippen MR) is 90.4 cm³/mol. The number of rotatable bonds is 4. The van der Waals surface area contributed by atoms with E-state index in [-0.39, 0.29) is 11.8 Å². The minimum atomic E-state index is -0.0313. The Morgan fingerprint density at radius 3 is 1.68 bits per heavy atom. The second-order valence-corrected chi connectivity index (χ2v) is 5.09. The molecule has 0 aliphatic rings. The first-order chi connectivity index (χ1) is 10.8. The van der Waals surface area contributed by atoms with Gasteiger partial charge in [0.1, 0.15) is 5.75 Å². The Labute approximate surface area is 130 Å². The Kier molecular flexibility index (Phi) is 4.30. The van der Waals surface area contributed by atoms with Crippen LogP contribution in [0.3, 0.4) is 0 Å². The van der Waals surface area contributed by atoms with Crippen molar-refractivity contribution in [1.29, 1.82) is 0 Å². The number of phenolic OH excluding ortho intramolecular Hbond substituents is 1. The smallest absolute Gasteiger partial charge is 0.115 e. The molecule has 0 unspecified atom stereocenters. The molecular weight excluding hydrogens is 270 g/mol. The highest BCUT2D eigenvalue weighted by molar-refractivity contribution is 5.80. The summed E-state index contributed by atoms with van der Waals surface area (Å²) in [6, 6.07) is 27.5. The second-order valence-electron chi connectivity index (χ2n) is 5.09. The fourth-order valence-electron chi connectivity index (χ4n) is 2.36. The minimum absolute atomic E-state index is 0.0313. The number of aliphatic imine (C=N–C) groups is 1. The molecule has 3 rings (SSSR count). The molecule has 0 spiro atoms. The average Bonchev–Trinajstić information content (AvgIpc) is 2.59. The van der Waals surface area contributed by atoms with Crippen LogP contribution in [0.1, 0.15) is 22.7 Å². The lowest BCUT2D eigenvalue weighted by Gasteiger charge is -2.13. The van der Waals surface area contributed by atoms with Crippen LogP contribution in [0.2, 0.25) is 0 Å². The average molecular weight is 287 g/mol. The number of phenols is 1. The van der Waals surface area contributed by atoms with Gasteiger partial charge in [0.25, 0.3) is 0 Å². The first kappa shape index (κ1) is 14.1. The van der Waals surface area contributed by atoms with Gasteiger partial charge >= 0.3 is 0 Å². The highest BCUT2D eigenvalue weighted by Crippen LogP contribution is 2.25. The summed E-state index contributed by atoms with van der Waals surface area (Å²) in [6.45, 7) is 0. The van der Waals surface area contributed by atoms with Crippen LogP contribution in [0.15, 0.2) is 89.9 Å². The lowest BCUT2D eigenvalue weighted by Crippen LogP contribution is -1.98. The van der Waals surface area contributed by atoms with Crippen molar-refractivity contribution < 1.29 is 5.11 Å². The molecule has 0 aliphatic heterocycles. The Hall–Kier alpha value is -2.87. The van der Waals surface area contributed by atoms with E-state index in [2.05, 4.69) is 24.3 Å². The van der Waals surface area contributed by atoms with E-state index in [0.717, 1.165) is 16.7 Å². The SMILES string of the molecule is Oc1ccc(C=NC(c2ccccc2)c2ccccc2)cc1. The molecule has 0 saturated carbocycles. The van der Waals surface area contributed by atoms with Crippen LogP contribution in [0.25, 0.3) is 0 Å². The number of aromatic hydroxyl groups is 1. The van der Waals surface area contributed by atoms with Crippen molar-refractivity contribution in [2.24, 2.45) is 4.99 Å². The molecule has 2 heteroatoms. The van der Waals surface area contributed by atoms with Crippen molar-refractivity contribution in [2.45, 2.75) is 6.04 Å². The summed E-state index contributed by atoms with van der Waals surface area (Å²) in [5.74, 6) is 0.264. The van der Waals surface area contributed by atoms with Gasteiger partial charge in [0, 0.05) is 6.21 Å². The molecule has 0 heterocycles. The lowest BCUT2D eigenvalue weighted by molar-refractivity contribution is 0.475. The van der Waals surface area contributed by atoms with Crippen LogP contribution < -0.4 is 0 Å². The summed E-state index contributed by atoms with van der Waals surface area (Å²) >= 11 is 0. The Bertz CT molecular complexity index is 694. The van der Waals surface area contributed by atoms with E-state index in [9.17, 15) is 5.11 Å². The zero-order valence-electron chi connectivity index (χ0n) is 12.1. The van der Waals surface area contributed by atoms with E-state index in [4.69, 9.17) is 4.99 Å². The molecule has 0 aromatic heterocycles. The normalized spacial score (nSPS) is 11.1. The molecule has 0 atom stereocenters. The first-order valence-electron chi connectivity index (χ1n) is 7.25. The fourth-order valence-corrected chi connectivity index (χ4v) is 2.36. The number of benzene rings is 3. The zero-order valence-corrected chi connectivity index (χ0v) is 12.1. The van der Waals surface area contributed by atoms with E-state index in [1.54, 1.807) is 12.1 Å². The lowest BCUT2D eigenvalue weighted by atomic mass is 9.99. The molecule has 1 N–H and O–H groups in total. The van der Waals surface area contributed by atoms with Gasteiger partial charge in [-0.05, 0) is 41.0 Å². The molecule has 108 valence electrons. The maximum absolute atomic E-state index is 9.35. The molecular formula is C20H17NO. The third-order valence-electron chi connectivity index (χ3n) is 3.50. The largest absolute Gasteiger partial charge is 0.508 e. The van der Waals surface area contributed by atoms with Gasteiger partial charge in [-0.1, -0.05) is 60.7 Å². The van der Waals surface area contributed by atoms with Crippen LogP contribution >= 0.6 is 0 Å². The number of hydrogen-bond acceptors (Lipinski definition) is 2. The van der Waals surface area contributed by atoms with Crippen molar-refractivity contribution in [2.75, 3.05) is 0 Å². The van der Waals surface area contributed by atoms with E-state index < -0.39 is 0 Å². The van der Waals surface area contributed by atoms with Gasteiger partial charge in [-0.2, -0.15) is 0 Å². The van der Waals surface area contributed by atoms with Gasteiger partial charge in [0.05, 0.1) is 6.04 Å². The summed E-state index contributed by atoms with van der Waals surface area (Å²) in [5.41, 5.74) is 3.28. The Balaban J connectivity index is 1.94. The molecule has 0 saturated heterocycles. The molecule has 0 aliphatic carbocycles. The molecule has 0 radical (unpaired) electrons. The molecule has 0 amide bonds. The van der Waals surface area contributed by atoms with Crippen molar-refractivity contribution in [3.63, 3.8) is 0 Å². The van der Waals surface area contributed by atoms with Crippen molar-refractivity contribution in [1.82, 2.24) is 0 Å². The summed E-state index contributed by atoms with van der Waals surface area (Å²) in [4.78, 5) is 4.76. The summed E-state index contributed by atoms with van der Waals surface area (Å²) in [7, 11) is 0. The molecule has 3 aromatic carbocycles. The fraction of sp³-hybridized carbons (Fsp3) is 0.0500. The van der Waals surface area contributed by atoms with Crippen LogP contribution in [-0.2, 0) is 0 Å². The van der Waals surface area contributed by atoms with Gasteiger partial charge in [-0.25, -0.2) is 0 Å². The quantitative estimate of drug-likeness (QED) is 0.699. The summed E-state index contributed by atoms with van der Waals surface area (Å²) in [5, 5.41) is 9.35. The van der Waals surface area contributed by atoms with Gasteiger partial charge in [-0.3, -0.25) is 4.99 Å². The summed E-state index contributed by atoms with van der Waals surface area (Å²) in [6.07, 6.45) is 1.85. The van der Waals surface area contributed by atoms with Crippen LogP contribution in [0, 0.1) is 0 Å². The standard InChI is InChI=1S/C20H17NO/c22-19-13-11-16(12-14-19)15-21-20(17-7-3-1-4-8-17)18-9-5-2-6-10-18/h1-15,20,22H. The van der Waals surface area contributed by atoms with Gasteiger partial charge in [0.2, 0.25) is 0 Å². The minimum Gasteiger partial charge on any atom is -0.508 e. The topological polar surface area (TPSA) is 32.6 Å².